The lowest BCUT2D eigenvalue weighted by molar-refractivity contribution is 0.435. The Morgan fingerprint density at radius 1 is 1.53 bits per heavy atom. The molecule has 0 fully saturated rings. The Morgan fingerprint density at radius 3 is 2.53 bits per heavy atom. The number of phenolic OH excluding ortho intramolecular Hbond substituents is 1. The molecule has 0 amide bonds. The van der Waals surface area contributed by atoms with Crippen LogP contribution < -0.4 is 5.73 Å². The van der Waals surface area contributed by atoms with E-state index in [1.165, 1.54) is 6.07 Å². The second-order valence-electron chi connectivity index (χ2n) is 4.48. The lowest BCUT2D eigenvalue weighted by Gasteiger charge is -2.20. The van der Waals surface area contributed by atoms with Crippen LogP contribution >= 0.6 is 11.6 Å². The third-order valence-electron chi connectivity index (χ3n) is 2.10. The maximum atomic E-state index is 13.7. The number of nitrogens with two attached hydrogens (primary N) is 1. The molecule has 0 aliphatic carbocycles. The van der Waals surface area contributed by atoms with Crippen LogP contribution in [0, 0.1) is 12.7 Å². The fraction of sp³-hybridized carbons (Fsp3) is 0.455. The molecule has 84 valence electrons. The van der Waals surface area contributed by atoms with Crippen molar-refractivity contribution in [3.05, 3.63) is 28.0 Å². The van der Waals surface area contributed by atoms with Crippen LogP contribution in [0.25, 0.3) is 0 Å². The minimum atomic E-state index is -0.588. The number of phenols is 1. The molecular weight excluding hydrogens is 217 g/mol. The van der Waals surface area contributed by atoms with Gasteiger partial charge in [-0.25, -0.2) is 4.39 Å². The molecule has 0 atom stereocenters. The maximum absolute atomic E-state index is 13.7. The quantitative estimate of drug-likeness (QED) is 0.822. The van der Waals surface area contributed by atoms with Crippen LogP contribution in [0.5, 0.6) is 5.75 Å². The van der Waals surface area contributed by atoms with Crippen LogP contribution in [0.2, 0.25) is 5.02 Å². The molecule has 0 radical (unpaired) electrons. The molecule has 15 heavy (non-hydrogen) atoms. The lowest BCUT2D eigenvalue weighted by atomic mass is 9.94. The zero-order valence-electron chi connectivity index (χ0n) is 9.06. The van der Waals surface area contributed by atoms with Crippen molar-refractivity contribution in [1.82, 2.24) is 0 Å². The van der Waals surface area contributed by atoms with E-state index in [2.05, 4.69) is 0 Å². The van der Waals surface area contributed by atoms with Gasteiger partial charge in [-0.15, -0.1) is 0 Å². The molecule has 0 aliphatic heterocycles. The Balaban J connectivity index is 3.27. The van der Waals surface area contributed by atoms with E-state index < -0.39 is 11.4 Å². The van der Waals surface area contributed by atoms with E-state index in [1.54, 1.807) is 20.8 Å². The van der Waals surface area contributed by atoms with Crippen molar-refractivity contribution in [2.24, 2.45) is 5.73 Å². The number of hydrogen-bond acceptors (Lipinski definition) is 2. The Bertz CT molecular complexity index is 359. The lowest BCUT2D eigenvalue weighted by Crippen LogP contribution is -2.34. The van der Waals surface area contributed by atoms with Crippen LogP contribution in [0.3, 0.4) is 0 Å². The number of benzene rings is 1. The molecule has 0 saturated carbocycles. The zero-order valence-corrected chi connectivity index (χ0v) is 9.82. The van der Waals surface area contributed by atoms with Crippen LogP contribution in [0.4, 0.5) is 4.39 Å². The molecule has 4 heteroatoms. The summed E-state index contributed by atoms with van der Waals surface area (Å²) in [5.74, 6) is -0.645. The molecule has 0 aromatic heterocycles. The van der Waals surface area contributed by atoms with E-state index in [0.29, 0.717) is 5.56 Å². The van der Waals surface area contributed by atoms with Gasteiger partial charge in [-0.1, -0.05) is 11.6 Å². The average molecular weight is 232 g/mol. The summed E-state index contributed by atoms with van der Waals surface area (Å²) in [6.07, 6.45) is 0.242. The van der Waals surface area contributed by atoms with Crippen LogP contribution in [0.15, 0.2) is 6.07 Å². The topological polar surface area (TPSA) is 46.2 Å². The minimum absolute atomic E-state index is 0.160. The summed E-state index contributed by atoms with van der Waals surface area (Å²) in [5, 5.41) is 9.80. The van der Waals surface area contributed by atoms with Crippen molar-refractivity contribution < 1.29 is 9.50 Å². The SMILES string of the molecule is Cc1cc(Cl)c(O)c(CC(C)(C)N)c1F. The van der Waals surface area contributed by atoms with Gasteiger partial charge in [0.1, 0.15) is 11.6 Å². The van der Waals surface area contributed by atoms with Crippen molar-refractivity contribution in [1.29, 1.82) is 0 Å². The second-order valence-corrected chi connectivity index (χ2v) is 4.89. The van der Waals surface area contributed by atoms with Gasteiger partial charge < -0.3 is 10.8 Å². The van der Waals surface area contributed by atoms with Gasteiger partial charge in [0.25, 0.3) is 0 Å². The highest BCUT2D eigenvalue weighted by Crippen LogP contribution is 2.33. The third-order valence-corrected chi connectivity index (χ3v) is 2.39. The predicted octanol–water partition coefficient (Wildman–Crippen LogP) is 2.77. The van der Waals surface area contributed by atoms with E-state index in [9.17, 15) is 9.50 Å². The van der Waals surface area contributed by atoms with E-state index in [4.69, 9.17) is 17.3 Å². The van der Waals surface area contributed by atoms with Gasteiger partial charge in [0, 0.05) is 11.1 Å². The summed E-state index contributed by atoms with van der Waals surface area (Å²) < 4.78 is 13.7. The van der Waals surface area contributed by atoms with E-state index in [-0.39, 0.29) is 22.8 Å². The maximum Gasteiger partial charge on any atom is 0.140 e. The number of aryl methyl sites for hydroxylation is 1. The standard InChI is InChI=1S/C11H15ClFNO/c1-6-4-8(12)10(15)7(9(6)13)5-11(2,3)14/h4,15H,5,14H2,1-3H3. The molecule has 0 aliphatic rings. The molecule has 1 aromatic rings. The van der Waals surface area contributed by atoms with E-state index >= 15 is 0 Å². The largest absolute Gasteiger partial charge is 0.506 e. The smallest absolute Gasteiger partial charge is 0.140 e. The van der Waals surface area contributed by atoms with Gasteiger partial charge in [0.15, 0.2) is 0 Å². The summed E-state index contributed by atoms with van der Waals surface area (Å²) in [7, 11) is 0. The molecule has 3 N–H and O–H groups in total. The first-order valence-electron chi connectivity index (χ1n) is 4.67. The number of aromatic hydroxyl groups is 1. The van der Waals surface area contributed by atoms with Gasteiger partial charge in [0.05, 0.1) is 5.02 Å². The molecule has 0 spiro atoms. The van der Waals surface area contributed by atoms with Gasteiger partial charge in [0.2, 0.25) is 0 Å². The highest BCUT2D eigenvalue weighted by molar-refractivity contribution is 6.32. The van der Waals surface area contributed by atoms with Gasteiger partial charge >= 0.3 is 0 Å². The first-order chi connectivity index (χ1) is 6.72. The Kier molecular flexibility index (Phi) is 3.26. The normalized spacial score (nSPS) is 11.9. The summed E-state index contributed by atoms with van der Waals surface area (Å²) in [5.41, 5.74) is 5.80. The number of rotatable bonds is 2. The van der Waals surface area contributed by atoms with Crippen molar-refractivity contribution in [2.45, 2.75) is 32.7 Å². The molecule has 0 bridgehead atoms. The zero-order chi connectivity index (χ0) is 11.8. The fourth-order valence-corrected chi connectivity index (χ4v) is 1.70. The molecule has 1 rings (SSSR count). The van der Waals surface area contributed by atoms with Gasteiger partial charge in [-0.3, -0.25) is 0 Å². The Hall–Kier alpha value is -0.800. The van der Waals surface area contributed by atoms with Crippen molar-refractivity contribution in [3.63, 3.8) is 0 Å². The third kappa shape index (κ3) is 2.83. The van der Waals surface area contributed by atoms with Crippen molar-refractivity contribution in [2.75, 3.05) is 0 Å². The molecular formula is C11H15ClFNO. The highest BCUT2D eigenvalue weighted by atomic mass is 35.5. The molecule has 0 saturated heterocycles. The van der Waals surface area contributed by atoms with Crippen molar-refractivity contribution in [3.8, 4) is 5.75 Å². The molecule has 2 nitrogen and oxygen atoms in total. The number of halogens is 2. The molecule has 1 aromatic carbocycles. The van der Waals surface area contributed by atoms with Crippen LogP contribution in [-0.4, -0.2) is 10.6 Å². The minimum Gasteiger partial charge on any atom is -0.506 e. The summed E-state index contributed by atoms with van der Waals surface area (Å²) >= 11 is 5.76. The Labute approximate surface area is 93.9 Å². The Morgan fingerprint density at radius 2 is 2.07 bits per heavy atom. The van der Waals surface area contributed by atoms with E-state index in [0.717, 1.165) is 0 Å². The van der Waals surface area contributed by atoms with Crippen LogP contribution in [0.1, 0.15) is 25.0 Å². The average Bonchev–Trinajstić information content (AvgIpc) is 2.08. The summed E-state index contributed by atoms with van der Waals surface area (Å²) in [6, 6.07) is 1.40. The first-order valence-corrected chi connectivity index (χ1v) is 5.05. The second kappa shape index (κ2) is 3.99. The van der Waals surface area contributed by atoms with Crippen LogP contribution in [-0.2, 0) is 6.42 Å². The molecule has 0 heterocycles. The summed E-state index contributed by atoms with van der Waals surface area (Å²) in [4.78, 5) is 0. The van der Waals surface area contributed by atoms with Crippen molar-refractivity contribution >= 4 is 11.6 Å². The monoisotopic (exact) mass is 231 g/mol. The number of hydrogen-bond donors (Lipinski definition) is 2. The predicted molar refractivity (Wildman–Crippen MR) is 59.8 cm³/mol. The van der Waals surface area contributed by atoms with Gasteiger partial charge in [-0.05, 0) is 38.8 Å². The molecule has 0 unspecified atom stereocenters. The summed E-state index contributed by atoms with van der Waals surface area (Å²) in [6.45, 7) is 5.14. The highest BCUT2D eigenvalue weighted by Gasteiger charge is 2.21. The first kappa shape index (κ1) is 12.3. The van der Waals surface area contributed by atoms with Gasteiger partial charge in [-0.2, -0.15) is 0 Å². The fourth-order valence-electron chi connectivity index (χ4n) is 1.42. The van der Waals surface area contributed by atoms with E-state index in [1.807, 2.05) is 0 Å².